The highest BCUT2D eigenvalue weighted by Crippen LogP contribution is 2.32. The Morgan fingerprint density at radius 3 is 1.75 bits per heavy atom. The molecule has 20 heavy (non-hydrogen) atoms. The van der Waals surface area contributed by atoms with E-state index in [4.69, 9.17) is 32.7 Å². The molecule has 0 aromatic heterocycles. The van der Waals surface area contributed by atoms with E-state index in [0.717, 1.165) is 11.1 Å². The summed E-state index contributed by atoms with van der Waals surface area (Å²) in [7, 11) is 0. The van der Waals surface area contributed by atoms with Gasteiger partial charge in [-0.1, -0.05) is 60.7 Å². The molecule has 0 spiro atoms. The first-order valence-electron chi connectivity index (χ1n) is 5.85. The largest absolute Gasteiger partial charge is 0.328 e. The van der Waals surface area contributed by atoms with Crippen LogP contribution in [0.2, 0.25) is 0 Å². The van der Waals surface area contributed by atoms with Crippen molar-refractivity contribution in [3.8, 4) is 0 Å². The highest BCUT2D eigenvalue weighted by molar-refractivity contribution is 6.21. The molecule has 0 bridgehead atoms. The summed E-state index contributed by atoms with van der Waals surface area (Å²) >= 11 is 6.37. The first-order valence-corrected chi connectivity index (χ1v) is 6.29. The van der Waals surface area contributed by atoms with E-state index in [2.05, 4.69) is 0 Å². The molecule has 3 N–H and O–H groups in total. The Morgan fingerprint density at radius 1 is 1.00 bits per heavy atom. The Kier molecular flexibility index (Phi) is 6.49. The van der Waals surface area contributed by atoms with Crippen molar-refractivity contribution < 1.29 is 10.3 Å². The van der Waals surface area contributed by atoms with Gasteiger partial charge in [0.25, 0.3) is 5.09 Å². The maximum absolute atomic E-state index is 8.36. The van der Waals surface area contributed by atoms with Crippen molar-refractivity contribution in [3.63, 3.8) is 0 Å². The van der Waals surface area contributed by atoms with Gasteiger partial charge in [0.2, 0.25) is 0 Å². The van der Waals surface area contributed by atoms with Crippen LogP contribution < -0.4 is 5.73 Å². The van der Waals surface area contributed by atoms with Crippen LogP contribution in [-0.4, -0.2) is 10.3 Å². The highest BCUT2D eigenvalue weighted by atomic mass is 35.5. The van der Waals surface area contributed by atoms with Gasteiger partial charge >= 0.3 is 0 Å². The number of alkyl halides is 1. The summed E-state index contributed by atoms with van der Waals surface area (Å²) in [6.45, 7) is 0. The number of rotatable bonds is 3. The third-order valence-corrected chi connectivity index (χ3v) is 3.14. The number of benzene rings is 2. The monoisotopic (exact) mass is 294 g/mol. The predicted molar refractivity (Wildman–Crippen MR) is 77.2 cm³/mol. The number of nitrogens with zero attached hydrogens (tertiary/aromatic N) is 1. The second-order valence-electron chi connectivity index (χ2n) is 3.99. The van der Waals surface area contributed by atoms with Gasteiger partial charge in [0.05, 0.1) is 11.4 Å². The quantitative estimate of drug-likeness (QED) is 0.516. The molecule has 0 aliphatic rings. The molecule has 0 saturated carbocycles. The van der Waals surface area contributed by atoms with Gasteiger partial charge < -0.3 is 10.9 Å². The zero-order valence-corrected chi connectivity index (χ0v) is 11.4. The van der Waals surface area contributed by atoms with Crippen LogP contribution >= 0.6 is 11.6 Å². The molecule has 0 radical (unpaired) electrons. The van der Waals surface area contributed by atoms with Crippen LogP contribution in [0.5, 0.6) is 0 Å². The van der Waals surface area contributed by atoms with Gasteiger partial charge in [-0.05, 0) is 11.1 Å². The maximum atomic E-state index is 8.36. The fraction of sp³-hybridized carbons (Fsp3) is 0.143. The van der Waals surface area contributed by atoms with Crippen LogP contribution in [0.1, 0.15) is 22.5 Å². The van der Waals surface area contributed by atoms with Gasteiger partial charge in [-0.25, -0.2) is 0 Å². The van der Waals surface area contributed by atoms with Gasteiger partial charge in [0, 0.05) is 0 Å². The summed E-state index contributed by atoms with van der Waals surface area (Å²) in [5.41, 5.74) is 8.26. The van der Waals surface area contributed by atoms with Crippen molar-refractivity contribution in [2.75, 3.05) is 0 Å². The number of hydrogen-bond donors (Lipinski definition) is 2. The topological polar surface area (TPSA) is 89.4 Å². The smallest absolute Gasteiger partial charge is 0.291 e. The summed E-state index contributed by atoms with van der Waals surface area (Å²) in [6.07, 6.45) is 0. The fourth-order valence-corrected chi connectivity index (χ4v) is 1.98. The minimum atomic E-state index is -1.50. The summed E-state index contributed by atoms with van der Waals surface area (Å²) in [5.74, 6) is 0. The molecule has 0 fully saturated rings. The number of nitrogens with two attached hydrogens (primary N) is 1. The van der Waals surface area contributed by atoms with E-state index < -0.39 is 5.09 Å². The van der Waals surface area contributed by atoms with Gasteiger partial charge in [0.15, 0.2) is 0 Å². The van der Waals surface area contributed by atoms with Crippen molar-refractivity contribution in [2.24, 2.45) is 5.73 Å². The first-order chi connectivity index (χ1) is 9.52. The molecular weight excluding hydrogens is 280 g/mol. The van der Waals surface area contributed by atoms with E-state index in [1.165, 1.54) is 0 Å². The molecule has 106 valence electrons. The number of halogens is 1. The Hall–Kier alpha value is -2.11. The standard InChI is InChI=1S/C14H14ClN.HNO3/c15-13(11-7-3-1-4-8-11)14(16)12-9-5-2-6-10-12;2-1(3)4/h1-10,13-14H,16H2;(H,2,3,4). The summed E-state index contributed by atoms with van der Waals surface area (Å²) in [6, 6.07) is 19.7. The number of hydrogen-bond acceptors (Lipinski definition) is 3. The van der Waals surface area contributed by atoms with E-state index in [1.54, 1.807) is 0 Å². The van der Waals surface area contributed by atoms with Crippen LogP contribution in [0.15, 0.2) is 60.7 Å². The van der Waals surface area contributed by atoms with E-state index in [1.807, 2.05) is 60.7 Å². The van der Waals surface area contributed by atoms with Crippen molar-refractivity contribution >= 4 is 11.6 Å². The van der Waals surface area contributed by atoms with E-state index in [-0.39, 0.29) is 11.4 Å². The third kappa shape index (κ3) is 5.26. The molecule has 0 amide bonds. The van der Waals surface area contributed by atoms with Gasteiger partial charge in [-0.3, -0.25) is 0 Å². The lowest BCUT2D eigenvalue weighted by atomic mass is 9.99. The third-order valence-electron chi connectivity index (χ3n) is 2.62. The second-order valence-corrected chi connectivity index (χ2v) is 4.46. The van der Waals surface area contributed by atoms with Crippen molar-refractivity contribution in [3.05, 3.63) is 81.9 Å². The summed E-state index contributed by atoms with van der Waals surface area (Å²) < 4.78 is 0. The van der Waals surface area contributed by atoms with E-state index in [9.17, 15) is 0 Å². The van der Waals surface area contributed by atoms with Crippen LogP contribution in [0.3, 0.4) is 0 Å². The summed E-state index contributed by atoms with van der Waals surface area (Å²) in [4.78, 5) is 8.36. The minimum absolute atomic E-state index is 0.176. The zero-order valence-electron chi connectivity index (χ0n) is 10.6. The van der Waals surface area contributed by atoms with Crippen molar-refractivity contribution in [2.45, 2.75) is 11.4 Å². The van der Waals surface area contributed by atoms with E-state index in [0.29, 0.717) is 0 Å². The average Bonchev–Trinajstić information content (AvgIpc) is 2.47. The maximum Gasteiger partial charge on any atom is 0.291 e. The molecule has 6 heteroatoms. The molecule has 2 rings (SSSR count). The van der Waals surface area contributed by atoms with E-state index >= 15 is 0 Å². The lowest BCUT2D eigenvalue weighted by Crippen LogP contribution is -2.15. The predicted octanol–water partition coefficient (Wildman–Crippen LogP) is 3.32. The Morgan fingerprint density at radius 2 is 1.35 bits per heavy atom. The first kappa shape index (κ1) is 15.9. The minimum Gasteiger partial charge on any atom is -0.328 e. The molecule has 2 aromatic rings. The van der Waals surface area contributed by atoms with Gasteiger partial charge in [0.1, 0.15) is 0 Å². The lowest BCUT2D eigenvalue weighted by Gasteiger charge is -2.18. The van der Waals surface area contributed by atoms with Crippen LogP contribution in [0, 0.1) is 10.1 Å². The van der Waals surface area contributed by atoms with Crippen molar-refractivity contribution in [1.29, 1.82) is 0 Å². The zero-order chi connectivity index (χ0) is 15.0. The normalized spacial score (nSPS) is 12.7. The highest BCUT2D eigenvalue weighted by Gasteiger charge is 2.18. The van der Waals surface area contributed by atoms with Crippen LogP contribution in [0.4, 0.5) is 0 Å². The molecule has 2 aromatic carbocycles. The Labute approximate surface area is 121 Å². The lowest BCUT2D eigenvalue weighted by molar-refractivity contribution is -0.742. The van der Waals surface area contributed by atoms with Crippen molar-refractivity contribution in [1.82, 2.24) is 0 Å². The molecular formula is C14H15ClN2O3. The molecule has 2 unspecified atom stereocenters. The average molecular weight is 295 g/mol. The van der Waals surface area contributed by atoms with Crippen LogP contribution in [0.25, 0.3) is 0 Å². The molecule has 2 atom stereocenters. The molecule has 0 aliphatic carbocycles. The fourth-order valence-electron chi connectivity index (χ4n) is 1.69. The van der Waals surface area contributed by atoms with Gasteiger partial charge in [-0.15, -0.1) is 21.7 Å². The SMILES string of the molecule is NC(c1ccccc1)C(Cl)c1ccccc1.O=[N+]([O-])O. The Balaban J connectivity index is 0.000000444. The molecule has 0 saturated heterocycles. The Bertz CT molecular complexity index is 475. The molecule has 0 heterocycles. The molecule has 5 nitrogen and oxygen atoms in total. The van der Waals surface area contributed by atoms with Crippen LogP contribution in [-0.2, 0) is 0 Å². The van der Waals surface area contributed by atoms with Gasteiger partial charge in [-0.2, -0.15) is 0 Å². The second kappa shape index (κ2) is 8.14. The summed E-state index contributed by atoms with van der Waals surface area (Å²) in [5, 5.41) is 13.4. The molecule has 0 aliphatic heterocycles.